The highest BCUT2D eigenvalue weighted by Crippen LogP contribution is 2.17. The van der Waals surface area contributed by atoms with E-state index in [1.807, 2.05) is 23.9 Å². The van der Waals surface area contributed by atoms with Crippen molar-refractivity contribution in [2.45, 2.75) is 32.9 Å². The quantitative estimate of drug-likeness (QED) is 0.907. The van der Waals surface area contributed by atoms with E-state index < -0.39 is 0 Å². The van der Waals surface area contributed by atoms with Gasteiger partial charge in [-0.1, -0.05) is 30.7 Å². The zero-order chi connectivity index (χ0) is 13.8. The van der Waals surface area contributed by atoms with Crippen molar-refractivity contribution in [1.29, 1.82) is 0 Å². The Balaban J connectivity index is 1.99. The molecule has 0 fully saturated rings. The number of hydrogen-bond acceptors (Lipinski definition) is 2. The predicted molar refractivity (Wildman–Crippen MR) is 79.3 cm³/mol. The van der Waals surface area contributed by atoms with Gasteiger partial charge in [0.15, 0.2) is 0 Å². The van der Waals surface area contributed by atoms with Gasteiger partial charge in [0.1, 0.15) is 0 Å². The van der Waals surface area contributed by atoms with Crippen LogP contribution in [0.25, 0.3) is 0 Å². The largest absolute Gasteiger partial charge is 0.306 e. The van der Waals surface area contributed by atoms with Crippen LogP contribution in [0.1, 0.15) is 36.7 Å². The molecule has 1 aromatic carbocycles. The van der Waals surface area contributed by atoms with Gasteiger partial charge in [0.05, 0.1) is 5.69 Å². The highest BCUT2D eigenvalue weighted by Gasteiger charge is 2.09. The maximum atomic E-state index is 5.90. The molecule has 1 aromatic heterocycles. The van der Waals surface area contributed by atoms with Crippen molar-refractivity contribution in [2.24, 2.45) is 7.05 Å². The van der Waals surface area contributed by atoms with Crippen molar-refractivity contribution in [1.82, 2.24) is 15.1 Å². The average Bonchev–Trinajstić information content (AvgIpc) is 2.77. The minimum atomic E-state index is 0.294. The molecule has 102 valence electrons. The van der Waals surface area contributed by atoms with Gasteiger partial charge < -0.3 is 5.32 Å². The molecule has 0 saturated carbocycles. The van der Waals surface area contributed by atoms with E-state index in [1.165, 1.54) is 16.8 Å². The van der Waals surface area contributed by atoms with Gasteiger partial charge in [-0.3, -0.25) is 4.68 Å². The van der Waals surface area contributed by atoms with Crippen LogP contribution in [-0.4, -0.2) is 9.78 Å². The topological polar surface area (TPSA) is 29.9 Å². The fourth-order valence-electron chi connectivity index (χ4n) is 2.16. The van der Waals surface area contributed by atoms with E-state index >= 15 is 0 Å². The van der Waals surface area contributed by atoms with E-state index in [2.05, 4.69) is 42.6 Å². The van der Waals surface area contributed by atoms with Crippen LogP contribution in [0.3, 0.4) is 0 Å². The summed E-state index contributed by atoms with van der Waals surface area (Å²) < 4.78 is 1.88. The summed E-state index contributed by atoms with van der Waals surface area (Å²) in [7, 11) is 1.96. The highest BCUT2D eigenvalue weighted by atomic mass is 35.5. The summed E-state index contributed by atoms with van der Waals surface area (Å²) in [4.78, 5) is 0. The van der Waals surface area contributed by atoms with Gasteiger partial charge in [-0.15, -0.1) is 0 Å². The molecule has 0 aliphatic carbocycles. The van der Waals surface area contributed by atoms with Crippen LogP contribution in [-0.2, 0) is 20.0 Å². The third-order valence-corrected chi connectivity index (χ3v) is 3.55. The third-order valence-electron chi connectivity index (χ3n) is 3.30. The van der Waals surface area contributed by atoms with E-state index in [-0.39, 0.29) is 0 Å². The zero-order valence-corrected chi connectivity index (χ0v) is 12.4. The number of nitrogens with zero attached hydrogens (tertiary/aromatic N) is 2. The molecule has 2 rings (SSSR count). The lowest BCUT2D eigenvalue weighted by Gasteiger charge is -2.14. The molecular weight excluding hydrogens is 258 g/mol. The van der Waals surface area contributed by atoms with E-state index in [0.29, 0.717) is 6.04 Å². The molecule has 1 unspecified atom stereocenters. The van der Waals surface area contributed by atoms with Crippen LogP contribution < -0.4 is 5.32 Å². The standard InChI is InChI=1S/C15H20ClN3/c1-4-15-13(10-19(3)18-15)9-17-11(2)12-5-7-14(16)8-6-12/h5-8,10-11,17H,4,9H2,1-3H3. The first-order valence-corrected chi connectivity index (χ1v) is 6.98. The Kier molecular flexibility index (Phi) is 4.61. The number of halogens is 1. The van der Waals surface area contributed by atoms with Crippen LogP contribution in [0.4, 0.5) is 0 Å². The maximum Gasteiger partial charge on any atom is 0.0666 e. The van der Waals surface area contributed by atoms with Crippen LogP contribution in [0.2, 0.25) is 5.02 Å². The van der Waals surface area contributed by atoms with Crippen molar-refractivity contribution < 1.29 is 0 Å². The summed E-state index contributed by atoms with van der Waals surface area (Å²) in [5.41, 5.74) is 3.68. The first kappa shape index (κ1) is 14.1. The molecule has 1 heterocycles. The molecule has 0 aliphatic heterocycles. The number of nitrogens with one attached hydrogen (secondary N) is 1. The predicted octanol–water partition coefficient (Wildman–Crippen LogP) is 3.49. The Hall–Kier alpha value is -1.32. The molecule has 0 spiro atoms. The molecule has 0 aliphatic rings. The molecule has 0 bridgehead atoms. The third kappa shape index (κ3) is 3.58. The monoisotopic (exact) mass is 277 g/mol. The second kappa shape index (κ2) is 6.22. The number of rotatable bonds is 5. The fourth-order valence-corrected chi connectivity index (χ4v) is 2.29. The first-order chi connectivity index (χ1) is 9.10. The maximum absolute atomic E-state index is 5.90. The first-order valence-electron chi connectivity index (χ1n) is 6.60. The van der Waals surface area contributed by atoms with Crippen LogP contribution in [0, 0.1) is 0 Å². The molecule has 19 heavy (non-hydrogen) atoms. The second-order valence-electron chi connectivity index (χ2n) is 4.78. The summed E-state index contributed by atoms with van der Waals surface area (Å²) in [5.74, 6) is 0. The van der Waals surface area contributed by atoms with Gasteiger partial charge in [0.2, 0.25) is 0 Å². The van der Waals surface area contributed by atoms with Gasteiger partial charge in [0.25, 0.3) is 0 Å². The van der Waals surface area contributed by atoms with Crippen molar-refractivity contribution in [3.63, 3.8) is 0 Å². The van der Waals surface area contributed by atoms with Gasteiger partial charge in [-0.25, -0.2) is 0 Å². The van der Waals surface area contributed by atoms with Crippen molar-refractivity contribution in [2.75, 3.05) is 0 Å². The number of benzene rings is 1. The smallest absolute Gasteiger partial charge is 0.0666 e. The van der Waals surface area contributed by atoms with Gasteiger partial charge in [-0.05, 0) is 31.0 Å². The molecule has 1 N–H and O–H groups in total. The number of aromatic nitrogens is 2. The minimum absolute atomic E-state index is 0.294. The Labute approximate surface area is 119 Å². The van der Waals surface area contributed by atoms with Crippen LogP contribution in [0.15, 0.2) is 30.5 Å². The van der Waals surface area contributed by atoms with Gasteiger partial charge in [0, 0.05) is 36.4 Å². The van der Waals surface area contributed by atoms with E-state index in [4.69, 9.17) is 11.6 Å². The summed E-state index contributed by atoms with van der Waals surface area (Å²) in [6.45, 7) is 5.13. The summed E-state index contributed by atoms with van der Waals surface area (Å²) >= 11 is 5.90. The second-order valence-corrected chi connectivity index (χ2v) is 5.22. The number of hydrogen-bond donors (Lipinski definition) is 1. The Morgan fingerprint density at radius 2 is 2.00 bits per heavy atom. The van der Waals surface area contributed by atoms with E-state index in [9.17, 15) is 0 Å². The van der Waals surface area contributed by atoms with Crippen molar-refractivity contribution in [3.05, 3.63) is 52.3 Å². The normalized spacial score (nSPS) is 12.6. The molecule has 4 heteroatoms. The molecule has 0 amide bonds. The molecular formula is C15H20ClN3. The fraction of sp³-hybridized carbons (Fsp3) is 0.400. The molecule has 0 radical (unpaired) electrons. The van der Waals surface area contributed by atoms with Crippen LogP contribution >= 0.6 is 11.6 Å². The minimum Gasteiger partial charge on any atom is -0.306 e. The van der Waals surface area contributed by atoms with Crippen molar-refractivity contribution in [3.8, 4) is 0 Å². The van der Waals surface area contributed by atoms with Gasteiger partial charge in [-0.2, -0.15) is 5.10 Å². The molecule has 2 aromatic rings. The molecule has 3 nitrogen and oxygen atoms in total. The SMILES string of the molecule is CCc1nn(C)cc1CNC(C)c1ccc(Cl)cc1. The van der Waals surface area contributed by atoms with Crippen molar-refractivity contribution >= 4 is 11.6 Å². The molecule has 1 atom stereocenters. The Morgan fingerprint density at radius 1 is 1.32 bits per heavy atom. The summed E-state index contributed by atoms with van der Waals surface area (Å²) in [5, 5.41) is 8.75. The van der Waals surface area contributed by atoms with E-state index in [1.54, 1.807) is 0 Å². The average molecular weight is 278 g/mol. The lowest BCUT2D eigenvalue weighted by atomic mass is 10.1. The zero-order valence-electron chi connectivity index (χ0n) is 11.7. The van der Waals surface area contributed by atoms with Crippen LogP contribution in [0.5, 0.6) is 0 Å². The number of aryl methyl sites for hydroxylation is 2. The molecule has 0 saturated heterocycles. The summed E-state index contributed by atoms with van der Waals surface area (Å²) in [6.07, 6.45) is 3.05. The van der Waals surface area contributed by atoms with E-state index in [0.717, 1.165) is 18.0 Å². The Morgan fingerprint density at radius 3 is 2.63 bits per heavy atom. The summed E-state index contributed by atoms with van der Waals surface area (Å²) in [6, 6.07) is 8.27. The lowest BCUT2D eigenvalue weighted by molar-refractivity contribution is 0.572. The highest BCUT2D eigenvalue weighted by molar-refractivity contribution is 6.30. The lowest BCUT2D eigenvalue weighted by Crippen LogP contribution is -2.18. The Bertz CT molecular complexity index is 531. The van der Waals surface area contributed by atoms with Gasteiger partial charge >= 0.3 is 0 Å².